The molecule has 1 heterocycles. The topological polar surface area (TPSA) is 91.5 Å². The van der Waals surface area contributed by atoms with E-state index in [1.807, 2.05) is 30.3 Å². The molecule has 37 heavy (non-hydrogen) atoms. The number of amides is 2. The van der Waals surface area contributed by atoms with E-state index in [2.05, 4.69) is 10.3 Å². The fraction of sp³-hybridized carbons (Fsp3) is 0.345. The first-order chi connectivity index (χ1) is 18.0. The number of nitrogens with zero attached hydrogens (tertiary/aromatic N) is 1. The van der Waals surface area contributed by atoms with Crippen molar-refractivity contribution in [1.82, 2.24) is 15.2 Å². The molecule has 194 valence electrons. The molecule has 2 N–H and O–H groups in total. The normalized spacial score (nSPS) is 14.5. The Morgan fingerprint density at radius 3 is 2.38 bits per heavy atom. The van der Waals surface area contributed by atoms with Crippen molar-refractivity contribution in [3.05, 3.63) is 83.8 Å². The average Bonchev–Trinajstić information content (AvgIpc) is 3.41. The molecule has 8 heteroatoms. The highest BCUT2D eigenvalue weighted by atomic mass is 19.1. The Hall–Kier alpha value is -3.94. The SMILES string of the molecule is CCOC(=O)CN(C(=O)c1ccc(-c2ccccc2)[nH]1)[C@@H](C(=O)NC1CCCCC1)c1ccc(F)cc1. The summed E-state index contributed by atoms with van der Waals surface area (Å²) in [6.07, 6.45) is 4.86. The molecule has 2 amide bonds. The molecule has 0 radical (unpaired) electrons. The van der Waals surface area contributed by atoms with Crippen LogP contribution in [0.15, 0.2) is 66.7 Å². The number of benzene rings is 2. The molecule has 4 rings (SSSR count). The van der Waals surface area contributed by atoms with E-state index in [0.717, 1.165) is 43.4 Å². The monoisotopic (exact) mass is 505 g/mol. The largest absolute Gasteiger partial charge is 0.465 e. The van der Waals surface area contributed by atoms with E-state index >= 15 is 0 Å². The first-order valence-corrected chi connectivity index (χ1v) is 12.7. The lowest BCUT2D eigenvalue weighted by Gasteiger charge is -2.32. The van der Waals surface area contributed by atoms with E-state index in [0.29, 0.717) is 5.56 Å². The summed E-state index contributed by atoms with van der Waals surface area (Å²) in [4.78, 5) is 44.4. The lowest BCUT2D eigenvalue weighted by molar-refractivity contribution is -0.145. The third-order valence-electron chi connectivity index (χ3n) is 6.56. The lowest BCUT2D eigenvalue weighted by Crippen LogP contribution is -2.48. The number of nitrogens with one attached hydrogen (secondary N) is 2. The minimum absolute atomic E-state index is 0.0149. The van der Waals surface area contributed by atoms with E-state index in [1.54, 1.807) is 19.1 Å². The Labute approximate surface area is 216 Å². The number of rotatable bonds is 9. The minimum atomic E-state index is -1.15. The second-order valence-corrected chi connectivity index (χ2v) is 9.19. The second kappa shape index (κ2) is 12.3. The summed E-state index contributed by atoms with van der Waals surface area (Å²) in [5.41, 5.74) is 2.25. The van der Waals surface area contributed by atoms with Gasteiger partial charge in [-0.15, -0.1) is 0 Å². The molecule has 0 unspecified atom stereocenters. The number of aromatic nitrogens is 1. The minimum Gasteiger partial charge on any atom is -0.465 e. The van der Waals surface area contributed by atoms with E-state index in [4.69, 9.17) is 4.74 Å². The number of aromatic amines is 1. The standard InChI is InChI=1S/C29H32FN3O4/c1-2-37-26(34)19-33(29(36)25-18-17-24(32-25)20-9-5-3-6-10-20)27(21-13-15-22(30)16-14-21)28(35)31-23-11-7-4-8-12-23/h3,5-6,9-10,13-18,23,27,32H,2,4,7-8,11-12,19H2,1H3,(H,31,35)/t27-/m1/s1. The van der Waals surface area contributed by atoms with Crippen molar-refractivity contribution in [2.75, 3.05) is 13.2 Å². The van der Waals surface area contributed by atoms with Crippen molar-refractivity contribution in [2.24, 2.45) is 0 Å². The van der Waals surface area contributed by atoms with Crippen LogP contribution in [0.2, 0.25) is 0 Å². The maximum absolute atomic E-state index is 13.8. The zero-order valence-electron chi connectivity index (χ0n) is 20.9. The van der Waals surface area contributed by atoms with Crippen molar-refractivity contribution in [3.8, 4) is 11.3 Å². The number of hydrogen-bond donors (Lipinski definition) is 2. The van der Waals surface area contributed by atoms with Crippen LogP contribution in [0.5, 0.6) is 0 Å². The molecule has 0 saturated heterocycles. The summed E-state index contributed by atoms with van der Waals surface area (Å²) >= 11 is 0. The maximum Gasteiger partial charge on any atom is 0.325 e. The van der Waals surface area contributed by atoms with E-state index in [9.17, 15) is 18.8 Å². The summed E-state index contributed by atoms with van der Waals surface area (Å²) < 4.78 is 18.9. The van der Waals surface area contributed by atoms with Gasteiger partial charge in [0, 0.05) is 11.7 Å². The quantitative estimate of drug-likeness (QED) is 0.400. The average molecular weight is 506 g/mol. The molecule has 3 aromatic rings. The third kappa shape index (κ3) is 6.64. The Morgan fingerprint density at radius 2 is 1.70 bits per heavy atom. The lowest BCUT2D eigenvalue weighted by atomic mass is 9.94. The van der Waals surface area contributed by atoms with E-state index in [1.165, 1.54) is 29.2 Å². The van der Waals surface area contributed by atoms with Crippen LogP contribution < -0.4 is 5.32 Å². The molecular formula is C29H32FN3O4. The van der Waals surface area contributed by atoms with Gasteiger partial charge in [0.15, 0.2) is 0 Å². The number of esters is 1. The maximum atomic E-state index is 13.8. The first-order valence-electron chi connectivity index (χ1n) is 12.7. The fourth-order valence-electron chi connectivity index (χ4n) is 4.73. The number of H-pyrrole nitrogens is 1. The highest BCUT2D eigenvalue weighted by Gasteiger charge is 2.35. The number of ether oxygens (including phenoxy) is 1. The van der Waals surface area contributed by atoms with Gasteiger partial charge in [0.25, 0.3) is 5.91 Å². The molecule has 1 aliphatic carbocycles. The van der Waals surface area contributed by atoms with Crippen molar-refractivity contribution in [1.29, 1.82) is 0 Å². The zero-order valence-corrected chi connectivity index (χ0v) is 20.9. The van der Waals surface area contributed by atoms with Gasteiger partial charge in [0.1, 0.15) is 24.1 Å². The smallest absolute Gasteiger partial charge is 0.325 e. The second-order valence-electron chi connectivity index (χ2n) is 9.19. The molecule has 7 nitrogen and oxygen atoms in total. The molecular weight excluding hydrogens is 473 g/mol. The van der Waals surface area contributed by atoms with Crippen LogP contribution in [0.25, 0.3) is 11.3 Å². The number of halogens is 1. The molecule has 0 spiro atoms. The number of carbonyl (C=O) groups excluding carboxylic acids is 3. The first kappa shape index (κ1) is 26.1. The summed E-state index contributed by atoms with van der Waals surface area (Å²) in [5.74, 6) is -2.05. The Morgan fingerprint density at radius 1 is 1.00 bits per heavy atom. The molecule has 2 aromatic carbocycles. The van der Waals surface area contributed by atoms with Crippen LogP contribution in [0.4, 0.5) is 4.39 Å². The third-order valence-corrected chi connectivity index (χ3v) is 6.56. The number of carbonyl (C=O) groups is 3. The van der Waals surface area contributed by atoms with Crippen LogP contribution >= 0.6 is 0 Å². The van der Waals surface area contributed by atoms with Crippen LogP contribution in [0, 0.1) is 5.82 Å². The molecule has 0 aliphatic heterocycles. The Bertz CT molecular complexity index is 1200. The van der Waals surface area contributed by atoms with Crippen LogP contribution in [-0.2, 0) is 14.3 Å². The zero-order chi connectivity index (χ0) is 26.2. The summed E-state index contributed by atoms with van der Waals surface area (Å²) in [6.45, 7) is 1.37. The fourth-order valence-corrected chi connectivity index (χ4v) is 4.73. The van der Waals surface area contributed by atoms with E-state index in [-0.39, 0.29) is 18.3 Å². The van der Waals surface area contributed by atoms with E-state index < -0.39 is 36.2 Å². The van der Waals surface area contributed by atoms with Crippen LogP contribution in [-0.4, -0.2) is 46.9 Å². The van der Waals surface area contributed by atoms with Gasteiger partial charge in [-0.25, -0.2) is 4.39 Å². The predicted octanol–water partition coefficient (Wildman–Crippen LogP) is 5.02. The van der Waals surface area contributed by atoms with Gasteiger partial charge >= 0.3 is 5.97 Å². The molecule has 1 aliphatic rings. The molecule has 1 aromatic heterocycles. The van der Waals surface area contributed by atoms with Gasteiger partial charge in [-0.3, -0.25) is 14.4 Å². The van der Waals surface area contributed by atoms with Crippen molar-refractivity contribution in [2.45, 2.75) is 51.1 Å². The van der Waals surface area contributed by atoms with Gasteiger partial charge in [0.05, 0.1) is 6.61 Å². The van der Waals surface area contributed by atoms with Gasteiger partial charge in [-0.1, -0.05) is 61.7 Å². The van der Waals surface area contributed by atoms with Gasteiger partial charge in [-0.05, 0) is 55.2 Å². The summed E-state index contributed by atoms with van der Waals surface area (Å²) in [7, 11) is 0. The summed E-state index contributed by atoms with van der Waals surface area (Å²) in [5, 5.41) is 3.07. The summed E-state index contributed by atoms with van der Waals surface area (Å²) in [6, 6.07) is 17.2. The van der Waals surface area contributed by atoms with Gasteiger partial charge in [0.2, 0.25) is 5.91 Å². The predicted molar refractivity (Wildman–Crippen MR) is 138 cm³/mol. The highest BCUT2D eigenvalue weighted by molar-refractivity contribution is 5.99. The van der Waals surface area contributed by atoms with Crippen LogP contribution in [0.1, 0.15) is 61.1 Å². The van der Waals surface area contributed by atoms with Gasteiger partial charge in [-0.2, -0.15) is 0 Å². The molecule has 1 fully saturated rings. The highest BCUT2D eigenvalue weighted by Crippen LogP contribution is 2.27. The van der Waals surface area contributed by atoms with Crippen molar-refractivity contribution in [3.63, 3.8) is 0 Å². The Balaban J connectivity index is 1.70. The molecule has 1 saturated carbocycles. The van der Waals surface area contributed by atoms with Gasteiger partial charge < -0.3 is 19.9 Å². The molecule has 1 atom stereocenters. The van der Waals surface area contributed by atoms with Crippen LogP contribution in [0.3, 0.4) is 0 Å². The van der Waals surface area contributed by atoms with Crippen molar-refractivity contribution < 1.29 is 23.5 Å². The Kier molecular flexibility index (Phi) is 8.72. The van der Waals surface area contributed by atoms with Crippen molar-refractivity contribution >= 4 is 17.8 Å². The number of hydrogen-bond acceptors (Lipinski definition) is 4. The molecule has 0 bridgehead atoms.